The Morgan fingerprint density at radius 1 is 0.893 bits per heavy atom. The van der Waals surface area contributed by atoms with Crippen LogP contribution < -0.4 is 10.3 Å². The lowest BCUT2D eigenvalue weighted by molar-refractivity contribution is 0.627. The van der Waals surface area contributed by atoms with Crippen molar-refractivity contribution in [2.75, 3.05) is 19.0 Å². The molecule has 3 aromatic rings. The van der Waals surface area contributed by atoms with Gasteiger partial charge in [0.25, 0.3) is 0 Å². The number of benzene rings is 3. The first-order valence-corrected chi connectivity index (χ1v) is 9.15. The number of hydrogen-bond donors (Lipinski definition) is 1. The lowest BCUT2D eigenvalue weighted by atomic mass is 10.0. The van der Waals surface area contributed by atoms with Crippen LogP contribution in [0.1, 0.15) is 16.7 Å². The molecule has 0 aliphatic carbocycles. The van der Waals surface area contributed by atoms with Crippen molar-refractivity contribution in [3.8, 4) is 0 Å². The number of rotatable bonds is 3. The maximum Gasteiger partial charge on any atom is 0.154 e. The van der Waals surface area contributed by atoms with Crippen LogP contribution in [0.3, 0.4) is 0 Å². The van der Waals surface area contributed by atoms with E-state index in [9.17, 15) is 4.39 Å². The van der Waals surface area contributed by atoms with Crippen LogP contribution in [0.5, 0.6) is 0 Å². The summed E-state index contributed by atoms with van der Waals surface area (Å²) in [6.45, 7) is 0. The minimum absolute atomic E-state index is 0.332. The van der Waals surface area contributed by atoms with Crippen LogP contribution in [0.15, 0.2) is 76.8 Å². The van der Waals surface area contributed by atoms with E-state index in [1.165, 1.54) is 12.1 Å². The van der Waals surface area contributed by atoms with Crippen LogP contribution in [-0.4, -0.2) is 25.6 Å². The van der Waals surface area contributed by atoms with Crippen molar-refractivity contribution in [2.24, 2.45) is 10.1 Å². The summed E-state index contributed by atoms with van der Waals surface area (Å²) < 4.78 is 14.0. The molecule has 0 fully saturated rings. The van der Waals surface area contributed by atoms with Gasteiger partial charge in [0, 0.05) is 41.5 Å². The third-order valence-electron chi connectivity index (χ3n) is 4.49. The van der Waals surface area contributed by atoms with E-state index in [1.807, 2.05) is 55.4 Å². The maximum absolute atomic E-state index is 14.0. The van der Waals surface area contributed by atoms with Crippen molar-refractivity contribution < 1.29 is 4.39 Å². The quantitative estimate of drug-likeness (QED) is 0.682. The molecule has 1 heterocycles. The first-order chi connectivity index (χ1) is 13.5. The maximum atomic E-state index is 14.0. The molecule has 0 atom stereocenters. The molecule has 0 radical (unpaired) electrons. The molecule has 140 valence electrons. The largest absolute Gasteiger partial charge is 0.378 e. The van der Waals surface area contributed by atoms with Gasteiger partial charge in [0.15, 0.2) is 5.84 Å². The molecule has 6 heteroatoms. The van der Waals surface area contributed by atoms with Crippen LogP contribution >= 0.6 is 11.6 Å². The number of fused-ring (bicyclic) bond motifs is 1. The van der Waals surface area contributed by atoms with Gasteiger partial charge < -0.3 is 4.90 Å². The molecule has 4 nitrogen and oxygen atoms in total. The Bertz CT molecular complexity index is 1070. The second-order valence-corrected chi connectivity index (χ2v) is 7.08. The number of hydrogen-bond acceptors (Lipinski definition) is 4. The van der Waals surface area contributed by atoms with Crippen molar-refractivity contribution in [1.82, 2.24) is 5.43 Å². The number of halogens is 2. The van der Waals surface area contributed by atoms with Crippen molar-refractivity contribution in [3.63, 3.8) is 0 Å². The summed E-state index contributed by atoms with van der Waals surface area (Å²) in [5.74, 6) is 0.242. The summed E-state index contributed by atoms with van der Waals surface area (Å²) >= 11 is 5.99. The third kappa shape index (κ3) is 3.62. The Labute approximate surface area is 168 Å². The number of aliphatic imine (C=N–C) groups is 1. The monoisotopic (exact) mass is 392 g/mol. The summed E-state index contributed by atoms with van der Waals surface area (Å²) in [5, 5.41) is 5.20. The molecule has 0 bridgehead atoms. The minimum atomic E-state index is -0.332. The van der Waals surface area contributed by atoms with Crippen LogP contribution in [-0.2, 0) is 0 Å². The molecule has 28 heavy (non-hydrogen) atoms. The second-order valence-electron chi connectivity index (χ2n) is 6.64. The average Bonchev–Trinajstić information content (AvgIpc) is 2.88. The first-order valence-electron chi connectivity index (χ1n) is 8.77. The van der Waals surface area contributed by atoms with Gasteiger partial charge in [-0.2, -0.15) is 5.10 Å². The lowest BCUT2D eigenvalue weighted by Gasteiger charge is -2.13. The van der Waals surface area contributed by atoms with Crippen LogP contribution in [0.4, 0.5) is 15.8 Å². The van der Waals surface area contributed by atoms with Crippen LogP contribution in [0.2, 0.25) is 5.02 Å². The van der Waals surface area contributed by atoms with Gasteiger partial charge in [0.2, 0.25) is 0 Å². The van der Waals surface area contributed by atoms with E-state index in [-0.39, 0.29) is 5.82 Å². The normalized spacial score (nSPS) is 13.0. The number of anilines is 1. The number of hydrazone groups is 1. The Balaban J connectivity index is 1.81. The van der Waals surface area contributed by atoms with E-state index in [2.05, 4.69) is 15.5 Å². The Morgan fingerprint density at radius 2 is 1.57 bits per heavy atom. The molecule has 0 amide bonds. The van der Waals surface area contributed by atoms with Crippen molar-refractivity contribution >= 4 is 34.5 Å². The molecular formula is C22H18ClFN4. The minimum Gasteiger partial charge on any atom is -0.378 e. The van der Waals surface area contributed by atoms with E-state index in [1.54, 1.807) is 18.2 Å². The van der Waals surface area contributed by atoms with Gasteiger partial charge in [0.05, 0.1) is 5.69 Å². The molecule has 3 aromatic carbocycles. The van der Waals surface area contributed by atoms with Crippen molar-refractivity contribution in [2.45, 2.75) is 0 Å². The summed E-state index contributed by atoms with van der Waals surface area (Å²) in [4.78, 5) is 6.69. The molecule has 0 saturated heterocycles. The summed E-state index contributed by atoms with van der Waals surface area (Å²) in [7, 11) is 3.97. The van der Waals surface area contributed by atoms with E-state index >= 15 is 0 Å². The lowest BCUT2D eigenvalue weighted by Crippen LogP contribution is -2.19. The zero-order valence-corrected chi connectivity index (χ0v) is 16.2. The molecule has 0 spiro atoms. The van der Waals surface area contributed by atoms with E-state index in [0.717, 1.165) is 16.8 Å². The van der Waals surface area contributed by atoms with Crippen molar-refractivity contribution in [1.29, 1.82) is 0 Å². The highest BCUT2D eigenvalue weighted by atomic mass is 35.5. The number of nitrogens with one attached hydrogen (secondary N) is 1. The first kappa shape index (κ1) is 18.2. The highest BCUT2D eigenvalue weighted by molar-refractivity contribution is 6.30. The molecule has 0 aromatic heterocycles. The standard InChI is InChI=1S/C22H18ClFN4/c1-28(2)18-10-5-14(6-11-18)21-19-13-17(24)9-12-20(19)25-22(27-26-21)15-3-7-16(23)8-4-15/h3-13H,1-2H3,(H,25,27). The summed E-state index contributed by atoms with van der Waals surface area (Å²) in [5.41, 5.74) is 7.73. The van der Waals surface area contributed by atoms with Gasteiger partial charge in [-0.25, -0.2) is 9.38 Å². The van der Waals surface area contributed by atoms with Gasteiger partial charge >= 0.3 is 0 Å². The zero-order chi connectivity index (χ0) is 19.7. The fraction of sp³-hybridized carbons (Fsp3) is 0.0909. The third-order valence-corrected chi connectivity index (χ3v) is 4.75. The fourth-order valence-electron chi connectivity index (χ4n) is 2.98. The Morgan fingerprint density at radius 3 is 2.25 bits per heavy atom. The molecule has 1 aliphatic heterocycles. The molecule has 4 rings (SSSR count). The molecule has 1 aliphatic rings. The smallest absolute Gasteiger partial charge is 0.154 e. The van der Waals surface area contributed by atoms with E-state index in [0.29, 0.717) is 27.8 Å². The molecule has 1 N–H and O–H groups in total. The molecular weight excluding hydrogens is 375 g/mol. The average molecular weight is 393 g/mol. The SMILES string of the molecule is CN(C)c1ccc(C2=NNC(c3ccc(Cl)cc3)=Nc3ccc(F)cc32)cc1. The van der Waals surface area contributed by atoms with Crippen LogP contribution in [0, 0.1) is 5.82 Å². The van der Waals surface area contributed by atoms with Gasteiger partial charge in [-0.15, -0.1) is 0 Å². The van der Waals surface area contributed by atoms with Gasteiger partial charge in [0.1, 0.15) is 11.5 Å². The topological polar surface area (TPSA) is 40.0 Å². The van der Waals surface area contributed by atoms with Gasteiger partial charge in [-0.05, 0) is 54.6 Å². The molecule has 0 unspecified atom stereocenters. The van der Waals surface area contributed by atoms with Gasteiger partial charge in [-0.1, -0.05) is 23.7 Å². The number of nitrogens with zero attached hydrogens (tertiary/aromatic N) is 3. The van der Waals surface area contributed by atoms with Crippen molar-refractivity contribution in [3.05, 3.63) is 94.3 Å². The Hall–Kier alpha value is -3.18. The summed E-state index contributed by atoms with van der Waals surface area (Å²) in [6, 6.07) is 19.8. The Kier molecular flexibility index (Phi) is 4.84. The highest BCUT2D eigenvalue weighted by Gasteiger charge is 2.18. The van der Waals surface area contributed by atoms with Crippen LogP contribution in [0.25, 0.3) is 0 Å². The molecule has 0 saturated carbocycles. The highest BCUT2D eigenvalue weighted by Crippen LogP contribution is 2.27. The predicted octanol–water partition coefficient (Wildman–Crippen LogP) is 4.98. The van der Waals surface area contributed by atoms with Gasteiger partial charge in [-0.3, -0.25) is 5.43 Å². The van der Waals surface area contributed by atoms with E-state index < -0.39 is 0 Å². The zero-order valence-electron chi connectivity index (χ0n) is 15.4. The second kappa shape index (κ2) is 7.44. The fourth-order valence-corrected chi connectivity index (χ4v) is 3.11. The summed E-state index contributed by atoms with van der Waals surface area (Å²) in [6.07, 6.45) is 0. The predicted molar refractivity (Wildman–Crippen MR) is 114 cm³/mol. The van der Waals surface area contributed by atoms with E-state index in [4.69, 9.17) is 11.6 Å². The number of amidine groups is 1.